The molecule has 0 unspecified atom stereocenters. The largest absolute Gasteiger partial charge is 0.348 e. The van der Waals surface area contributed by atoms with Crippen molar-refractivity contribution in [2.45, 2.75) is 38.1 Å². The molecule has 0 aliphatic carbocycles. The van der Waals surface area contributed by atoms with Crippen molar-refractivity contribution in [1.82, 2.24) is 5.32 Å². The smallest absolute Gasteiger partial charge is 0.264 e. The fourth-order valence-corrected chi connectivity index (χ4v) is 5.11. The van der Waals surface area contributed by atoms with E-state index in [1.165, 1.54) is 24.3 Å². The number of rotatable bonds is 9. The molecule has 174 valence electrons. The summed E-state index contributed by atoms with van der Waals surface area (Å²) in [6, 6.07) is 22.5. The van der Waals surface area contributed by atoms with Crippen molar-refractivity contribution < 1.29 is 13.2 Å². The molecule has 0 spiro atoms. The Morgan fingerprint density at radius 2 is 1.55 bits per heavy atom. The molecule has 5 nitrogen and oxygen atoms in total. The van der Waals surface area contributed by atoms with Crippen LogP contribution in [0.3, 0.4) is 0 Å². The molecule has 0 radical (unpaired) electrons. The lowest BCUT2D eigenvalue weighted by Crippen LogP contribution is -2.42. The maximum Gasteiger partial charge on any atom is 0.264 e. The average molecular weight is 485 g/mol. The first-order valence-corrected chi connectivity index (χ1v) is 12.7. The lowest BCUT2D eigenvalue weighted by Gasteiger charge is -2.26. The Morgan fingerprint density at radius 1 is 0.939 bits per heavy atom. The van der Waals surface area contributed by atoms with Gasteiger partial charge in [-0.1, -0.05) is 73.5 Å². The number of nitrogens with zero attached hydrogens (tertiary/aromatic N) is 1. The van der Waals surface area contributed by atoms with Crippen LogP contribution in [0.25, 0.3) is 0 Å². The summed E-state index contributed by atoms with van der Waals surface area (Å²) in [6.45, 7) is 5.76. The average Bonchev–Trinajstić information content (AvgIpc) is 2.78. The highest BCUT2D eigenvalue weighted by Crippen LogP contribution is 2.26. The highest BCUT2D eigenvalue weighted by Gasteiger charge is 2.28. The topological polar surface area (TPSA) is 66.5 Å². The standard InChI is InChI=1S/C26H29ClN2O3S/c1-19(2)17-25(21-7-5-4-6-8-21)28-26(30)18-29(23-13-9-20(3)10-14-23)33(31,32)24-15-11-22(27)12-16-24/h4-16,19,25H,17-18H2,1-3H3,(H,28,30)/t25-/m0/s1. The van der Waals surface area contributed by atoms with E-state index in [-0.39, 0.29) is 23.4 Å². The molecule has 7 heteroatoms. The Hall–Kier alpha value is -2.83. The number of amides is 1. The van der Waals surface area contributed by atoms with Crippen molar-refractivity contribution in [1.29, 1.82) is 0 Å². The van der Waals surface area contributed by atoms with E-state index in [9.17, 15) is 13.2 Å². The number of nitrogens with one attached hydrogen (secondary N) is 1. The number of hydrogen-bond donors (Lipinski definition) is 1. The number of halogens is 1. The van der Waals surface area contributed by atoms with Gasteiger partial charge in [0.05, 0.1) is 16.6 Å². The van der Waals surface area contributed by atoms with Crippen LogP contribution in [0.5, 0.6) is 0 Å². The van der Waals surface area contributed by atoms with Crippen molar-refractivity contribution in [3.63, 3.8) is 0 Å². The number of anilines is 1. The van der Waals surface area contributed by atoms with Crippen molar-refractivity contribution in [3.05, 3.63) is 95.0 Å². The lowest BCUT2D eigenvalue weighted by molar-refractivity contribution is -0.120. The highest BCUT2D eigenvalue weighted by molar-refractivity contribution is 7.92. The van der Waals surface area contributed by atoms with E-state index >= 15 is 0 Å². The van der Waals surface area contributed by atoms with E-state index in [0.717, 1.165) is 21.9 Å². The number of benzene rings is 3. The summed E-state index contributed by atoms with van der Waals surface area (Å²) in [6.07, 6.45) is 0.740. The van der Waals surface area contributed by atoms with Crippen LogP contribution >= 0.6 is 11.6 Å². The second kappa shape index (κ2) is 10.9. The van der Waals surface area contributed by atoms with Gasteiger partial charge in [0.2, 0.25) is 5.91 Å². The molecule has 0 fully saturated rings. The Bertz CT molecular complexity index is 1160. The van der Waals surface area contributed by atoms with Gasteiger partial charge in [-0.2, -0.15) is 0 Å². The molecular formula is C26H29ClN2O3S. The van der Waals surface area contributed by atoms with Gasteiger partial charge < -0.3 is 5.32 Å². The van der Waals surface area contributed by atoms with Gasteiger partial charge in [0.1, 0.15) is 6.54 Å². The SMILES string of the molecule is Cc1ccc(N(CC(=O)N[C@@H](CC(C)C)c2ccccc2)S(=O)(=O)c2ccc(Cl)cc2)cc1. The highest BCUT2D eigenvalue weighted by atomic mass is 35.5. The molecule has 0 aromatic heterocycles. The third-order valence-electron chi connectivity index (χ3n) is 5.26. The zero-order chi connectivity index (χ0) is 24.0. The van der Waals surface area contributed by atoms with Crippen LogP contribution in [0.15, 0.2) is 83.8 Å². The van der Waals surface area contributed by atoms with Crippen molar-refractivity contribution >= 4 is 33.2 Å². The van der Waals surface area contributed by atoms with E-state index in [1.807, 2.05) is 49.4 Å². The number of sulfonamides is 1. The van der Waals surface area contributed by atoms with E-state index in [0.29, 0.717) is 16.6 Å². The Morgan fingerprint density at radius 3 is 2.12 bits per heavy atom. The van der Waals surface area contributed by atoms with Gasteiger partial charge >= 0.3 is 0 Å². The van der Waals surface area contributed by atoms with Crippen LogP contribution in [0.1, 0.15) is 37.4 Å². The summed E-state index contributed by atoms with van der Waals surface area (Å²) < 4.78 is 28.1. The number of carbonyl (C=O) groups excluding carboxylic acids is 1. The minimum absolute atomic E-state index is 0.0714. The van der Waals surface area contributed by atoms with Gasteiger partial charge in [-0.25, -0.2) is 8.42 Å². The summed E-state index contributed by atoms with van der Waals surface area (Å²) in [5, 5.41) is 3.48. The summed E-state index contributed by atoms with van der Waals surface area (Å²) in [4.78, 5) is 13.2. The van der Waals surface area contributed by atoms with E-state index < -0.39 is 10.0 Å². The molecule has 1 N–H and O–H groups in total. The molecular weight excluding hydrogens is 456 g/mol. The third-order valence-corrected chi connectivity index (χ3v) is 7.30. The molecule has 0 bridgehead atoms. The molecule has 3 rings (SSSR count). The Labute approximate surface area is 201 Å². The predicted octanol–water partition coefficient (Wildman–Crippen LogP) is 5.75. The number of aryl methyl sites for hydroxylation is 1. The van der Waals surface area contributed by atoms with Gasteiger partial charge in [0.25, 0.3) is 10.0 Å². The van der Waals surface area contributed by atoms with E-state index in [4.69, 9.17) is 11.6 Å². The van der Waals surface area contributed by atoms with E-state index in [2.05, 4.69) is 19.2 Å². The fraction of sp³-hybridized carbons (Fsp3) is 0.269. The fourth-order valence-electron chi connectivity index (χ4n) is 3.57. The molecule has 1 atom stereocenters. The van der Waals surface area contributed by atoms with Gasteiger partial charge in [-0.05, 0) is 61.2 Å². The number of hydrogen-bond acceptors (Lipinski definition) is 3. The molecule has 0 saturated carbocycles. The molecule has 0 heterocycles. The number of carbonyl (C=O) groups is 1. The van der Waals surface area contributed by atoms with Crippen molar-refractivity contribution in [3.8, 4) is 0 Å². The second-order valence-corrected chi connectivity index (χ2v) is 10.8. The maximum absolute atomic E-state index is 13.5. The summed E-state index contributed by atoms with van der Waals surface area (Å²) >= 11 is 5.94. The van der Waals surface area contributed by atoms with Crippen LogP contribution in [-0.2, 0) is 14.8 Å². The minimum Gasteiger partial charge on any atom is -0.348 e. The minimum atomic E-state index is -3.99. The van der Waals surface area contributed by atoms with Crippen LogP contribution in [0.4, 0.5) is 5.69 Å². The van der Waals surface area contributed by atoms with Crippen LogP contribution in [-0.4, -0.2) is 20.9 Å². The summed E-state index contributed by atoms with van der Waals surface area (Å²) in [5.41, 5.74) is 2.40. The zero-order valence-electron chi connectivity index (χ0n) is 19.0. The normalized spacial score (nSPS) is 12.4. The van der Waals surface area contributed by atoms with Gasteiger partial charge in [-0.15, -0.1) is 0 Å². The third kappa shape index (κ3) is 6.59. The van der Waals surface area contributed by atoms with Crippen molar-refractivity contribution in [2.24, 2.45) is 5.92 Å². The second-order valence-electron chi connectivity index (χ2n) is 8.46. The van der Waals surface area contributed by atoms with Gasteiger partial charge in [0, 0.05) is 5.02 Å². The molecule has 3 aromatic rings. The van der Waals surface area contributed by atoms with Gasteiger partial charge in [0.15, 0.2) is 0 Å². The van der Waals surface area contributed by atoms with Crippen LogP contribution < -0.4 is 9.62 Å². The quantitative estimate of drug-likeness (QED) is 0.420. The molecule has 1 amide bonds. The zero-order valence-corrected chi connectivity index (χ0v) is 20.6. The summed E-state index contributed by atoms with van der Waals surface area (Å²) in [5.74, 6) is -0.0240. The maximum atomic E-state index is 13.5. The van der Waals surface area contributed by atoms with E-state index in [1.54, 1.807) is 12.1 Å². The molecule has 33 heavy (non-hydrogen) atoms. The van der Waals surface area contributed by atoms with Crippen molar-refractivity contribution in [2.75, 3.05) is 10.8 Å². The predicted molar refractivity (Wildman–Crippen MR) is 134 cm³/mol. The van der Waals surface area contributed by atoms with Crippen LogP contribution in [0, 0.1) is 12.8 Å². The van der Waals surface area contributed by atoms with Crippen LogP contribution in [0.2, 0.25) is 5.02 Å². The first-order valence-electron chi connectivity index (χ1n) is 10.9. The first kappa shape index (κ1) is 24.8. The van der Waals surface area contributed by atoms with Gasteiger partial charge in [-0.3, -0.25) is 9.10 Å². The molecule has 0 aliphatic heterocycles. The lowest BCUT2D eigenvalue weighted by atomic mass is 9.97. The first-order chi connectivity index (χ1) is 15.7. The summed E-state index contributed by atoms with van der Waals surface area (Å²) in [7, 11) is -3.99. The molecule has 0 aliphatic rings. The Kier molecular flexibility index (Phi) is 8.16. The molecule has 0 saturated heterocycles. The molecule has 3 aromatic carbocycles. The monoisotopic (exact) mass is 484 g/mol. The Balaban J connectivity index is 1.91.